The van der Waals surface area contributed by atoms with E-state index in [-0.39, 0.29) is 5.91 Å². The Labute approximate surface area is 113 Å². The van der Waals surface area contributed by atoms with Crippen molar-refractivity contribution in [3.8, 4) is 0 Å². The molecule has 0 spiro atoms. The Morgan fingerprint density at radius 2 is 2.00 bits per heavy atom. The maximum atomic E-state index is 11.3. The third kappa shape index (κ3) is 2.25. The summed E-state index contributed by atoms with van der Waals surface area (Å²) in [5.41, 5.74) is 8.30. The van der Waals surface area contributed by atoms with Crippen LogP contribution in [0.3, 0.4) is 0 Å². The quantitative estimate of drug-likeness (QED) is 0.848. The molecule has 0 bridgehead atoms. The highest BCUT2D eigenvalue weighted by Crippen LogP contribution is 2.38. The molecule has 0 aliphatic heterocycles. The first-order chi connectivity index (χ1) is 9.15. The molecule has 1 fully saturated rings. The largest absolute Gasteiger partial charge is 0.364 e. The van der Waals surface area contributed by atoms with Gasteiger partial charge in [-0.25, -0.2) is 0 Å². The van der Waals surface area contributed by atoms with Crippen LogP contribution in [0.5, 0.6) is 0 Å². The molecule has 1 aromatic carbocycles. The summed E-state index contributed by atoms with van der Waals surface area (Å²) < 4.78 is 0. The SMILES string of the molecule is CC1CCC(c2cccc3cc(C(N)=O)[nH]c23)CC1. The number of fused-ring (bicyclic) bond motifs is 1. The van der Waals surface area contributed by atoms with E-state index in [0.717, 1.165) is 16.8 Å². The van der Waals surface area contributed by atoms with Crippen molar-refractivity contribution in [3.05, 3.63) is 35.5 Å². The highest BCUT2D eigenvalue weighted by molar-refractivity contribution is 5.97. The molecule has 0 radical (unpaired) electrons. The van der Waals surface area contributed by atoms with Crippen LogP contribution >= 0.6 is 0 Å². The Hall–Kier alpha value is -1.77. The molecule has 0 unspecified atom stereocenters. The number of hydrogen-bond acceptors (Lipinski definition) is 1. The zero-order valence-corrected chi connectivity index (χ0v) is 11.3. The van der Waals surface area contributed by atoms with Crippen LogP contribution in [0.1, 0.15) is 54.6 Å². The monoisotopic (exact) mass is 256 g/mol. The molecule has 1 aliphatic carbocycles. The number of primary amides is 1. The molecule has 3 heteroatoms. The van der Waals surface area contributed by atoms with Crippen LogP contribution in [0, 0.1) is 5.92 Å². The Kier molecular flexibility index (Phi) is 3.05. The second-order valence-electron chi connectivity index (χ2n) is 5.82. The second kappa shape index (κ2) is 4.72. The van der Waals surface area contributed by atoms with E-state index < -0.39 is 0 Å². The van der Waals surface area contributed by atoms with Crippen molar-refractivity contribution >= 4 is 16.8 Å². The average Bonchev–Trinajstić information content (AvgIpc) is 2.83. The predicted molar refractivity (Wildman–Crippen MR) is 77.2 cm³/mol. The number of amides is 1. The molecule has 100 valence electrons. The van der Waals surface area contributed by atoms with Gasteiger partial charge in [-0.2, -0.15) is 0 Å². The molecule has 1 amide bonds. The fourth-order valence-electron chi connectivity index (χ4n) is 3.22. The number of nitrogens with one attached hydrogen (secondary N) is 1. The Balaban J connectivity index is 2.01. The number of nitrogens with two attached hydrogens (primary N) is 1. The number of aromatic amines is 1. The van der Waals surface area contributed by atoms with Gasteiger partial charge in [0.1, 0.15) is 5.69 Å². The summed E-state index contributed by atoms with van der Waals surface area (Å²) in [5.74, 6) is 1.07. The van der Waals surface area contributed by atoms with Gasteiger partial charge in [-0.15, -0.1) is 0 Å². The van der Waals surface area contributed by atoms with Gasteiger partial charge in [0, 0.05) is 10.9 Å². The van der Waals surface area contributed by atoms with Crippen molar-refractivity contribution in [2.75, 3.05) is 0 Å². The third-order valence-electron chi connectivity index (χ3n) is 4.41. The molecule has 1 aromatic heterocycles. The van der Waals surface area contributed by atoms with Crippen LogP contribution in [0.15, 0.2) is 24.3 Å². The van der Waals surface area contributed by atoms with Crippen molar-refractivity contribution in [3.63, 3.8) is 0 Å². The third-order valence-corrected chi connectivity index (χ3v) is 4.41. The molecule has 2 aromatic rings. The number of benzene rings is 1. The number of rotatable bonds is 2. The average molecular weight is 256 g/mol. The Morgan fingerprint density at radius 3 is 2.68 bits per heavy atom. The number of para-hydroxylation sites is 1. The number of aromatic nitrogens is 1. The number of H-pyrrole nitrogens is 1. The van der Waals surface area contributed by atoms with E-state index in [1.54, 1.807) is 0 Å². The van der Waals surface area contributed by atoms with Gasteiger partial charge >= 0.3 is 0 Å². The second-order valence-corrected chi connectivity index (χ2v) is 5.82. The van der Waals surface area contributed by atoms with E-state index in [1.165, 1.54) is 31.2 Å². The minimum Gasteiger partial charge on any atom is -0.364 e. The number of carbonyl (C=O) groups is 1. The van der Waals surface area contributed by atoms with Gasteiger partial charge in [-0.1, -0.05) is 38.0 Å². The minimum atomic E-state index is -0.389. The van der Waals surface area contributed by atoms with Crippen molar-refractivity contribution in [1.29, 1.82) is 0 Å². The molecule has 1 aliphatic rings. The molecular formula is C16H20N2O. The summed E-state index contributed by atoms with van der Waals surface area (Å²) in [6.07, 6.45) is 5.07. The smallest absolute Gasteiger partial charge is 0.265 e. The lowest BCUT2D eigenvalue weighted by Gasteiger charge is -2.26. The molecule has 1 saturated carbocycles. The molecule has 1 heterocycles. The number of carbonyl (C=O) groups excluding carboxylic acids is 1. The summed E-state index contributed by atoms with van der Waals surface area (Å²) in [6.45, 7) is 2.33. The first kappa shape index (κ1) is 12.3. The lowest BCUT2D eigenvalue weighted by molar-refractivity contribution is 0.0996. The predicted octanol–water partition coefficient (Wildman–Crippen LogP) is 3.56. The fraction of sp³-hybridized carbons (Fsp3) is 0.438. The van der Waals surface area contributed by atoms with Gasteiger partial charge in [-0.3, -0.25) is 4.79 Å². The summed E-state index contributed by atoms with van der Waals surface area (Å²) in [6, 6.07) is 8.15. The summed E-state index contributed by atoms with van der Waals surface area (Å²) in [7, 11) is 0. The highest BCUT2D eigenvalue weighted by atomic mass is 16.1. The van der Waals surface area contributed by atoms with Gasteiger partial charge < -0.3 is 10.7 Å². The first-order valence-corrected chi connectivity index (χ1v) is 7.06. The molecule has 3 rings (SSSR count). The Morgan fingerprint density at radius 1 is 1.26 bits per heavy atom. The molecule has 0 atom stereocenters. The molecule has 0 saturated heterocycles. The highest BCUT2D eigenvalue weighted by Gasteiger charge is 2.22. The van der Waals surface area contributed by atoms with E-state index in [1.807, 2.05) is 12.1 Å². The normalized spacial score (nSPS) is 23.6. The first-order valence-electron chi connectivity index (χ1n) is 7.06. The summed E-state index contributed by atoms with van der Waals surface area (Å²) in [4.78, 5) is 14.5. The van der Waals surface area contributed by atoms with Crippen molar-refractivity contribution in [2.45, 2.75) is 38.5 Å². The van der Waals surface area contributed by atoms with Crippen molar-refractivity contribution in [2.24, 2.45) is 11.7 Å². The van der Waals surface area contributed by atoms with Gasteiger partial charge in [0.2, 0.25) is 0 Å². The van der Waals surface area contributed by atoms with Crippen LogP contribution < -0.4 is 5.73 Å². The maximum absolute atomic E-state index is 11.3. The van der Waals surface area contributed by atoms with E-state index in [4.69, 9.17) is 5.73 Å². The fourth-order valence-corrected chi connectivity index (χ4v) is 3.22. The summed E-state index contributed by atoms with van der Waals surface area (Å²) in [5, 5.41) is 1.09. The van der Waals surface area contributed by atoms with Gasteiger partial charge in [0.25, 0.3) is 5.91 Å². The van der Waals surface area contributed by atoms with Crippen molar-refractivity contribution in [1.82, 2.24) is 4.98 Å². The topological polar surface area (TPSA) is 58.9 Å². The van der Waals surface area contributed by atoms with E-state index in [2.05, 4.69) is 24.0 Å². The van der Waals surface area contributed by atoms with Crippen molar-refractivity contribution < 1.29 is 4.79 Å². The zero-order chi connectivity index (χ0) is 13.4. The van der Waals surface area contributed by atoms with Crippen LogP contribution in [0.25, 0.3) is 10.9 Å². The van der Waals surface area contributed by atoms with Crippen LogP contribution in [0.2, 0.25) is 0 Å². The zero-order valence-electron chi connectivity index (χ0n) is 11.3. The molecule has 3 N–H and O–H groups in total. The van der Waals surface area contributed by atoms with Crippen LogP contribution in [-0.2, 0) is 0 Å². The molecule has 3 nitrogen and oxygen atoms in total. The lowest BCUT2D eigenvalue weighted by Crippen LogP contribution is -2.12. The van der Waals surface area contributed by atoms with E-state index >= 15 is 0 Å². The van der Waals surface area contributed by atoms with Crippen LogP contribution in [0.4, 0.5) is 0 Å². The maximum Gasteiger partial charge on any atom is 0.265 e. The van der Waals surface area contributed by atoms with Gasteiger partial charge in [-0.05, 0) is 36.3 Å². The number of hydrogen-bond donors (Lipinski definition) is 2. The lowest BCUT2D eigenvalue weighted by atomic mass is 9.79. The molecule has 19 heavy (non-hydrogen) atoms. The summed E-state index contributed by atoms with van der Waals surface area (Å²) >= 11 is 0. The molecular weight excluding hydrogens is 236 g/mol. The van der Waals surface area contributed by atoms with Crippen LogP contribution in [-0.4, -0.2) is 10.9 Å². The minimum absolute atomic E-state index is 0.389. The van der Waals surface area contributed by atoms with Gasteiger partial charge in [0.15, 0.2) is 0 Å². The standard InChI is InChI=1S/C16H20N2O/c1-10-5-7-11(8-6-10)13-4-2-3-12-9-14(16(17)19)18-15(12)13/h2-4,9-11,18H,5-8H2,1H3,(H2,17,19). The Bertz CT molecular complexity index is 606. The van der Waals surface area contributed by atoms with E-state index in [9.17, 15) is 4.79 Å². The van der Waals surface area contributed by atoms with E-state index in [0.29, 0.717) is 11.6 Å². The van der Waals surface area contributed by atoms with Gasteiger partial charge in [0.05, 0.1) is 0 Å².